The second kappa shape index (κ2) is 7.98. The summed E-state index contributed by atoms with van der Waals surface area (Å²) in [7, 11) is 0. The molecule has 1 fully saturated rings. The van der Waals surface area contributed by atoms with Crippen molar-refractivity contribution in [3.63, 3.8) is 0 Å². The lowest BCUT2D eigenvalue weighted by Gasteiger charge is -2.26. The third kappa shape index (κ3) is 3.91. The van der Waals surface area contributed by atoms with Crippen molar-refractivity contribution in [2.75, 3.05) is 39.5 Å². The van der Waals surface area contributed by atoms with Crippen molar-refractivity contribution in [2.45, 2.75) is 6.92 Å². The molecule has 1 aromatic carbocycles. The smallest absolute Gasteiger partial charge is 0.236 e. The Hall–Kier alpha value is -2.68. The van der Waals surface area contributed by atoms with Crippen molar-refractivity contribution in [3.8, 4) is 27.8 Å². The predicted molar refractivity (Wildman–Crippen MR) is 112 cm³/mol. The van der Waals surface area contributed by atoms with Gasteiger partial charge >= 0.3 is 0 Å². The Morgan fingerprint density at radius 1 is 1.21 bits per heavy atom. The number of nitrogens with one attached hydrogen (secondary N) is 1. The summed E-state index contributed by atoms with van der Waals surface area (Å²) in [6.45, 7) is 7.08. The summed E-state index contributed by atoms with van der Waals surface area (Å²) in [5, 5.41) is 7.61. The Bertz CT molecular complexity index is 1090. The van der Waals surface area contributed by atoms with Crippen molar-refractivity contribution in [3.05, 3.63) is 42.3 Å². The second-order valence-electron chi connectivity index (χ2n) is 7.03. The van der Waals surface area contributed by atoms with E-state index >= 15 is 0 Å². The average Bonchev–Trinajstić information content (AvgIpc) is 3.45. The van der Waals surface area contributed by atoms with E-state index in [4.69, 9.17) is 13.9 Å². The van der Waals surface area contributed by atoms with Crippen molar-refractivity contribution in [1.82, 2.24) is 20.1 Å². The monoisotopic (exact) mass is 410 g/mol. The molecule has 5 rings (SSSR count). The van der Waals surface area contributed by atoms with Crippen LogP contribution in [0.2, 0.25) is 0 Å². The fraction of sp³-hybridized carbons (Fsp3) is 0.333. The highest BCUT2D eigenvalue weighted by Crippen LogP contribution is 2.37. The van der Waals surface area contributed by atoms with E-state index in [1.165, 1.54) is 0 Å². The number of ether oxygens (including phenoxy) is 2. The predicted octanol–water partition coefficient (Wildman–Crippen LogP) is 3.97. The molecule has 1 N–H and O–H groups in total. The maximum atomic E-state index is 5.90. The normalized spacial score (nSPS) is 15.2. The van der Waals surface area contributed by atoms with Gasteiger partial charge in [-0.25, -0.2) is 4.98 Å². The van der Waals surface area contributed by atoms with Gasteiger partial charge in [-0.05, 0) is 37.3 Å². The van der Waals surface area contributed by atoms with Gasteiger partial charge in [-0.1, -0.05) is 0 Å². The molecule has 3 aromatic heterocycles. The van der Waals surface area contributed by atoms with Gasteiger partial charge in [0.15, 0.2) is 0 Å². The molecule has 4 aromatic rings. The Labute approximate surface area is 172 Å². The zero-order chi connectivity index (χ0) is 19.6. The molecule has 1 saturated heterocycles. The maximum Gasteiger partial charge on any atom is 0.236 e. The molecule has 8 heteroatoms. The average molecular weight is 410 g/mol. The number of aryl methyl sites for hydroxylation is 1. The van der Waals surface area contributed by atoms with Crippen LogP contribution in [0.15, 0.2) is 40.9 Å². The quantitative estimate of drug-likeness (QED) is 0.518. The van der Waals surface area contributed by atoms with Gasteiger partial charge in [0.25, 0.3) is 0 Å². The Kier molecular flexibility index (Phi) is 5.05. The van der Waals surface area contributed by atoms with Gasteiger partial charge in [-0.15, -0.1) is 11.3 Å². The van der Waals surface area contributed by atoms with E-state index in [9.17, 15) is 0 Å². The molecule has 4 heterocycles. The highest BCUT2D eigenvalue weighted by molar-refractivity contribution is 7.22. The number of oxazole rings is 1. The third-order valence-electron chi connectivity index (χ3n) is 4.98. The van der Waals surface area contributed by atoms with E-state index in [1.54, 1.807) is 17.5 Å². The molecule has 0 aliphatic carbocycles. The largest absolute Gasteiger partial charge is 0.492 e. The van der Waals surface area contributed by atoms with Gasteiger partial charge in [-0.2, -0.15) is 5.10 Å². The number of nitrogens with zero attached hydrogens (tertiary/aromatic N) is 3. The topological polar surface area (TPSA) is 76.4 Å². The molecular formula is C21H22N4O3S. The lowest BCUT2D eigenvalue weighted by molar-refractivity contribution is 0.0322. The molecule has 0 saturated carbocycles. The van der Waals surface area contributed by atoms with Crippen LogP contribution in [0, 0.1) is 6.92 Å². The highest BCUT2D eigenvalue weighted by atomic mass is 32.1. The number of rotatable bonds is 6. The third-order valence-corrected chi connectivity index (χ3v) is 6.10. The van der Waals surface area contributed by atoms with Gasteiger partial charge in [0.2, 0.25) is 5.89 Å². The lowest BCUT2D eigenvalue weighted by Crippen LogP contribution is -2.38. The number of fused-ring (bicyclic) bond motifs is 1. The molecule has 0 amide bonds. The van der Waals surface area contributed by atoms with Crippen molar-refractivity contribution < 1.29 is 13.9 Å². The Morgan fingerprint density at radius 2 is 2.03 bits per heavy atom. The first-order valence-electron chi connectivity index (χ1n) is 9.70. The molecule has 1 aliphatic rings. The zero-order valence-electron chi connectivity index (χ0n) is 16.2. The summed E-state index contributed by atoms with van der Waals surface area (Å²) < 4.78 is 18.0. The van der Waals surface area contributed by atoms with E-state index in [1.807, 2.05) is 37.3 Å². The summed E-state index contributed by atoms with van der Waals surface area (Å²) >= 11 is 1.63. The van der Waals surface area contributed by atoms with E-state index in [0.29, 0.717) is 12.5 Å². The van der Waals surface area contributed by atoms with Crippen molar-refractivity contribution in [1.29, 1.82) is 0 Å². The fourth-order valence-corrected chi connectivity index (χ4v) is 4.47. The van der Waals surface area contributed by atoms with Crippen LogP contribution in [0.25, 0.3) is 32.2 Å². The molecular weight excluding hydrogens is 388 g/mol. The zero-order valence-corrected chi connectivity index (χ0v) is 17.0. The number of benzene rings is 1. The van der Waals surface area contributed by atoms with Crippen molar-refractivity contribution in [2.24, 2.45) is 0 Å². The molecule has 150 valence electrons. The van der Waals surface area contributed by atoms with Gasteiger partial charge in [0.1, 0.15) is 23.8 Å². The fourth-order valence-electron chi connectivity index (χ4n) is 3.41. The summed E-state index contributed by atoms with van der Waals surface area (Å²) in [5.74, 6) is 2.32. The maximum absolute atomic E-state index is 5.90. The van der Waals surface area contributed by atoms with Crippen LogP contribution in [0.4, 0.5) is 0 Å². The molecule has 0 radical (unpaired) electrons. The van der Waals surface area contributed by atoms with Crippen LogP contribution < -0.4 is 4.74 Å². The van der Waals surface area contributed by atoms with Crippen LogP contribution in [0.1, 0.15) is 5.76 Å². The number of hydrogen-bond donors (Lipinski definition) is 1. The number of aromatic nitrogens is 3. The molecule has 29 heavy (non-hydrogen) atoms. The molecule has 0 unspecified atom stereocenters. The first kappa shape index (κ1) is 18.4. The minimum Gasteiger partial charge on any atom is -0.492 e. The van der Waals surface area contributed by atoms with Crippen LogP contribution in [-0.2, 0) is 4.74 Å². The van der Waals surface area contributed by atoms with Crippen LogP contribution in [-0.4, -0.2) is 59.5 Å². The van der Waals surface area contributed by atoms with Gasteiger partial charge in [0.05, 0.1) is 34.5 Å². The summed E-state index contributed by atoms with van der Waals surface area (Å²) in [6, 6.07) is 10.1. The van der Waals surface area contributed by atoms with E-state index in [-0.39, 0.29) is 0 Å². The Morgan fingerprint density at radius 3 is 2.79 bits per heavy atom. The molecule has 1 aliphatic heterocycles. The molecule has 0 bridgehead atoms. The number of hydrogen-bond acceptors (Lipinski definition) is 7. The van der Waals surface area contributed by atoms with E-state index in [2.05, 4.69) is 20.1 Å². The second-order valence-corrected chi connectivity index (χ2v) is 8.08. The SMILES string of the molecule is Cc1cnc(-c2cc3[nH]nc(-c4ccc(OCCN5CCOCC5)cc4)c3s2)o1. The minimum atomic E-state index is 0.645. The summed E-state index contributed by atoms with van der Waals surface area (Å²) in [5.41, 5.74) is 2.97. The lowest BCUT2D eigenvalue weighted by atomic mass is 10.1. The molecule has 0 spiro atoms. The van der Waals surface area contributed by atoms with Gasteiger partial charge in [-0.3, -0.25) is 10.00 Å². The first-order chi connectivity index (χ1) is 14.3. The number of thiophene rings is 1. The Balaban J connectivity index is 1.28. The molecule has 0 atom stereocenters. The van der Waals surface area contributed by atoms with E-state index < -0.39 is 0 Å². The summed E-state index contributed by atoms with van der Waals surface area (Å²) in [6.07, 6.45) is 1.74. The van der Waals surface area contributed by atoms with E-state index in [0.717, 1.165) is 70.7 Å². The number of H-pyrrole nitrogens is 1. The van der Waals surface area contributed by atoms with Crippen LogP contribution in [0.5, 0.6) is 5.75 Å². The summed E-state index contributed by atoms with van der Waals surface area (Å²) in [4.78, 5) is 7.67. The molecule has 7 nitrogen and oxygen atoms in total. The number of aromatic amines is 1. The minimum absolute atomic E-state index is 0.645. The van der Waals surface area contributed by atoms with Gasteiger partial charge < -0.3 is 13.9 Å². The van der Waals surface area contributed by atoms with Crippen LogP contribution >= 0.6 is 11.3 Å². The standard InChI is InChI=1S/C21H22N4O3S/c1-14-13-22-21(28-14)18-12-17-20(29-18)19(24-23-17)15-2-4-16(5-3-15)27-11-8-25-6-9-26-10-7-25/h2-5,12-13H,6-11H2,1H3,(H,23,24). The van der Waals surface area contributed by atoms with Crippen LogP contribution in [0.3, 0.4) is 0 Å². The first-order valence-corrected chi connectivity index (χ1v) is 10.5. The number of morpholine rings is 1. The van der Waals surface area contributed by atoms with Crippen molar-refractivity contribution >= 4 is 21.6 Å². The van der Waals surface area contributed by atoms with Gasteiger partial charge in [0, 0.05) is 25.2 Å². The highest BCUT2D eigenvalue weighted by Gasteiger charge is 2.16.